The van der Waals surface area contributed by atoms with E-state index in [1.807, 2.05) is 0 Å². The van der Waals surface area contributed by atoms with Gasteiger partial charge in [-0.05, 0) is 63.6 Å². The minimum atomic E-state index is -0.758. The number of halogens is 2. The molecular weight excluding hydrogens is 425 g/mol. The molecule has 0 radical (unpaired) electrons. The highest BCUT2D eigenvalue weighted by Gasteiger charge is 2.55. The number of fused-ring (bicyclic) bond motifs is 3. The Labute approximate surface area is 186 Å². The molecule has 4 aliphatic rings. The third-order valence-corrected chi connectivity index (χ3v) is 7.29. The van der Waals surface area contributed by atoms with E-state index in [0.29, 0.717) is 32.1 Å². The lowest BCUT2D eigenvalue weighted by Gasteiger charge is -2.56. The Morgan fingerprint density at radius 3 is 2.65 bits per heavy atom. The average Bonchev–Trinajstić information content (AvgIpc) is 2.76. The lowest BCUT2D eigenvalue weighted by Crippen LogP contribution is -2.71. The molecule has 2 bridgehead atoms. The third kappa shape index (κ3) is 4.81. The summed E-state index contributed by atoms with van der Waals surface area (Å²) in [5.41, 5.74) is -1.14. The number of rotatable bonds is 6. The quantitative estimate of drug-likeness (QED) is 0.528. The largest absolute Gasteiger partial charge is 0.484 e. The number of amides is 2. The summed E-state index contributed by atoms with van der Waals surface area (Å²) in [4.78, 5) is 25.2. The first-order chi connectivity index (χ1) is 14.8. The van der Waals surface area contributed by atoms with E-state index in [0.717, 1.165) is 31.9 Å². The molecule has 1 heterocycles. The zero-order valence-electron chi connectivity index (χ0n) is 17.4. The summed E-state index contributed by atoms with van der Waals surface area (Å²) in [5.74, 6) is -0.774. The molecule has 170 valence electrons. The van der Waals surface area contributed by atoms with Crippen LogP contribution in [0.5, 0.6) is 5.75 Å². The van der Waals surface area contributed by atoms with Crippen molar-refractivity contribution in [2.75, 3.05) is 13.2 Å². The van der Waals surface area contributed by atoms with Crippen LogP contribution in [0.2, 0.25) is 5.02 Å². The predicted octanol–water partition coefficient (Wildman–Crippen LogP) is 2.05. The maximum absolute atomic E-state index is 13.5. The van der Waals surface area contributed by atoms with Crippen LogP contribution in [0.25, 0.3) is 0 Å². The topological polar surface area (TPSA) is 99.7 Å². The molecule has 3 saturated carbocycles. The lowest BCUT2D eigenvalue weighted by molar-refractivity contribution is -0.137. The number of aliphatic hydroxyl groups excluding tert-OH is 1. The number of hydrogen-bond donors (Lipinski definition) is 4. The number of hydrogen-bond acceptors (Lipinski definition) is 5. The van der Waals surface area contributed by atoms with Gasteiger partial charge in [0, 0.05) is 11.6 Å². The summed E-state index contributed by atoms with van der Waals surface area (Å²) in [6.45, 7) is 0.568. The zero-order chi connectivity index (χ0) is 22.1. The Hall–Kier alpha value is -1.90. The van der Waals surface area contributed by atoms with Crippen LogP contribution in [0, 0.1) is 5.82 Å². The van der Waals surface area contributed by atoms with Gasteiger partial charge in [0.25, 0.3) is 5.91 Å². The van der Waals surface area contributed by atoms with E-state index in [1.54, 1.807) is 0 Å². The van der Waals surface area contributed by atoms with Crippen molar-refractivity contribution in [3.05, 3.63) is 29.0 Å². The third-order valence-electron chi connectivity index (χ3n) is 6.99. The maximum atomic E-state index is 13.5. The highest BCUT2D eigenvalue weighted by molar-refractivity contribution is 6.30. The second kappa shape index (κ2) is 8.92. The van der Waals surface area contributed by atoms with Crippen LogP contribution in [0.3, 0.4) is 0 Å². The van der Waals surface area contributed by atoms with Gasteiger partial charge in [-0.3, -0.25) is 9.59 Å². The first kappa shape index (κ1) is 22.3. The van der Waals surface area contributed by atoms with E-state index in [-0.39, 0.29) is 35.2 Å². The number of ether oxygens (including phenoxy) is 1. The fourth-order valence-electron chi connectivity index (χ4n) is 5.12. The SMILES string of the molecule is O=C(COc1ccc(Cl)c(F)c1)NC12CCC(NC(=O)C3CCCCN3)(CC1)C[C@@H]2O. The van der Waals surface area contributed by atoms with Crippen molar-refractivity contribution in [2.45, 2.75) is 74.6 Å². The smallest absolute Gasteiger partial charge is 0.258 e. The molecule has 1 aromatic rings. The van der Waals surface area contributed by atoms with Gasteiger partial charge < -0.3 is 25.8 Å². The van der Waals surface area contributed by atoms with Crippen LogP contribution < -0.4 is 20.7 Å². The molecular formula is C22H29ClFN3O4. The molecule has 1 saturated heterocycles. The second-order valence-corrected chi connectivity index (χ2v) is 9.47. The summed E-state index contributed by atoms with van der Waals surface area (Å²) < 4.78 is 18.9. The van der Waals surface area contributed by atoms with Gasteiger partial charge in [-0.25, -0.2) is 4.39 Å². The highest BCUT2D eigenvalue weighted by atomic mass is 35.5. The van der Waals surface area contributed by atoms with Gasteiger partial charge in [0.2, 0.25) is 5.91 Å². The molecule has 0 spiro atoms. The zero-order valence-corrected chi connectivity index (χ0v) is 18.1. The molecule has 3 aliphatic carbocycles. The van der Waals surface area contributed by atoms with Crippen molar-refractivity contribution in [3.8, 4) is 5.75 Å². The van der Waals surface area contributed by atoms with Gasteiger partial charge in [0.1, 0.15) is 11.6 Å². The number of carbonyl (C=O) groups excluding carboxylic acids is 2. The molecule has 9 heteroatoms. The molecule has 2 atom stereocenters. The number of nitrogens with one attached hydrogen (secondary N) is 3. The Morgan fingerprint density at radius 2 is 2.00 bits per heavy atom. The highest BCUT2D eigenvalue weighted by Crippen LogP contribution is 2.47. The fraction of sp³-hybridized carbons (Fsp3) is 0.636. The van der Waals surface area contributed by atoms with E-state index in [4.69, 9.17) is 16.3 Å². The van der Waals surface area contributed by atoms with Gasteiger partial charge in [-0.2, -0.15) is 0 Å². The van der Waals surface area contributed by atoms with Gasteiger partial charge in [-0.1, -0.05) is 18.0 Å². The molecule has 4 N–H and O–H groups in total. The lowest BCUT2D eigenvalue weighted by atomic mass is 9.59. The van der Waals surface area contributed by atoms with Gasteiger partial charge in [0.05, 0.1) is 22.7 Å². The first-order valence-corrected chi connectivity index (χ1v) is 11.3. The number of carbonyl (C=O) groups is 2. The molecule has 2 amide bonds. The first-order valence-electron chi connectivity index (χ1n) is 10.9. The molecule has 7 nitrogen and oxygen atoms in total. The van der Waals surface area contributed by atoms with E-state index in [1.165, 1.54) is 12.1 Å². The summed E-state index contributed by atoms with van der Waals surface area (Å²) >= 11 is 5.65. The minimum absolute atomic E-state index is 0.00827. The predicted molar refractivity (Wildman–Crippen MR) is 113 cm³/mol. The molecule has 1 unspecified atom stereocenters. The van der Waals surface area contributed by atoms with Crippen molar-refractivity contribution in [1.82, 2.24) is 16.0 Å². The van der Waals surface area contributed by atoms with Gasteiger partial charge in [-0.15, -0.1) is 0 Å². The van der Waals surface area contributed by atoms with Crippen molar-refractivity contribution >= 4 is 23.4 Å². The van der Waals surface area contributed by atoms with Crippen LogP contribution in [-0.4, -0.2) is 53.3 Å². The second-order valence-electron chi connectivity index (χ2n) is 9.06. The average molecular weight is 454 g/mol. The van der Waals surface area contributed by atoms with Crippen LogP contribution in [0.1, 0.15) is 51.4 Å². The molecule has 0 aromatic heterocycles. The standard InChI is InChI=1S/C22H29ClFN3O4/c23-15-5-4-14(11-16(15)24)31-13-19(29)26-22-8-6-21(7-9-22,12-18(22)28)27-20(30)17-3-1-2-10-25-17/h4-5,11,17-18,25,28H,1-3,6-10,12-13H2,(H,26,29)(H,27,30)/t17?,18-,21?,22?/m0/s1. The molecule has 4 fully saturated rings. The Bertz CT molecular complexity index is 838. The summed E-state index contributed by atoms with van der Waals surface area (Å²) in [7, 11) is 0. The van der Waals surface area contributed by atoms with Crippen molar-refractivity contribution in [2.24, 2.45) is 0 Å². The monoisotopic (exact) mass is 453 g/mol. The van der Waals surface area contributed by atoms with Crippen molar-refractivity contribution in [3.63, 3.8) is 0 Å². The van der Waals surface area contributed by atoms with E-state index in [9.17, 15) is 19.1 Å². The molecule has 1 aromatic carbocycles. The summed E-state index contributed by atoms with van der Waals surface area (Å²) in [5, 5.41) is 20.2. The van der Waals surface area contributed by atoms with Crippen molar-refractivity contribution in [1.29, 1.82) is 0 Å². The van der Waals surface area contributed by atoms with Crippen LogP contribution in [0.15, 0.2) is 18.2 Å². The molecule has 31 heavy (non-hydrogen) atoms. The Morgan fingerprint density at radius 1 is 1.23 bits per heavy atom. The summed E-state index contributed by atoms with van der Waals surface area (Å²) in [6, 6.07) is 3.82. The van der Waals surface area contributed by atoms with Crippen LogP contribution in [-0.2, 0) is 9.59 Å². The fourth-order valence-corrected chi connectivity index (χ4v) is 5.23. The van der Waals surface area contributed by atoms with E-state index in [2.05, 4.69) is 16.0 Å². The molecule has 5 rings (SSSR count). The normalized spacial score (nSPS) is 32.4. The Kier molecular flexibility index (Phi) is 6.42. The van der Waals surface area contributed by atoms with Crippen LogP contribution >= 0.6 is 11.6 Å². The van der Waals surface area contributed by atoms with Crippen LogP contribution in [0.4, 0.5) is 4.39 Å². The minimum Gasteiger partial charge on any atom is -0.484 e. The number of benzene rings is 1. The van der Waals surface area contributed by atoms with E-state index < -0.39 is 23.0 Å². The van der Waals surface area contributed by atoms with Crippen molar-refractivity contribution < 1.29 is 23.8 Å². The number of piperidine rings is 1. The number of aliphatic hydroxyl groups is 1. The van der Waals surface area contributed by atoms with E-state index >= 15 is 0 Å². The van der Waals surface area contributed by atoms with Gasteiger partial charge >= 0.3 is 0 Å². The molecule has 1 aliphatic heterocycles. The van der Waals surface area contributed by atoms with Gasteiger partial charge in [0.15, 0.2) is 6.61 Å². The maximum Gasteiger partial charge on any atom is 0.258 e. The summed E-state index contributed by atoms with van der Waals surface area (Å²) in [6.07, 6.45) is 5.18. The Balaban J connectivity index is 1.31.